The molecular formula is C58H40N2. The number of benzene rings is 10. The van der Waals surface area contributed by atoms with Crippen molar-refractivity contribution in [1.29, 1.82) is 0 Å². The molecule has 1 aromatic heterocycles. The fraction of sp³-hybridized carbons (Fsp3) is 0.0345. The van der Waals surface area contributed by atoms with Gasteiger partial charge < -0.3 is 9.47 Å². The Morgan fingerprint density at radius 3 is 1.98 bits per heavy atom. The van der Waals surface area contributed by atoms with Crippen LogP contribution >= 0.6 is 0 Å². The summed E-state index contributed by atoms with van der Waals surface area (Å²) in [5.74, 6) is 0. The van der Waals surface area contributed by atoms with Crippen LogP contribution in [0.1, 0.15) is 17.5 Å². The number of anilines is 3. The van der Waals surface area contributed by atoms with Gasteiger partial charge in [0.15, 0.2) is 0 Å². The number of hydrogen-bond donors (Lipinski definition) is 0. The lowest BCUT2D eigenvalue weighted by Crippen LogP contribution is -2.10. The molecule has 0 fully saturated rings. The first-order valence-corrected chi connectivity index (χ1v) is 21.0. The molecule has 2 nitrogen and oxygen atoms in total. The molecule has 0 saturated heterocycles. The highest BCUT2D eigenvalue weighted by molar-refractivity contribution is 6.22. The maximum absolute atomic E-state index is 2.45. The molecule has 1 heterocycles. The summed E-state index contributed by atoms with van der Waals surface area (Å²) in [6.45, 7) is 0. The van der Waals surface area contributed by atoms with E-state index in [1.54, 1.807) is 0 Å². The van der Waals surface area contributed by atoms with Gasteiger partial charge in [-0.25, -0.2) is 0 Å². The van der Waals surface area contributed by atoms with Crippen LogP contribution in [-0.2, 0) is 6.42 Å². The molecule has 2 heteroatoms. The molecule has 60 heavy (non-hydrogen) atoms. The number of aromatic nitrogens is 1. The SMILES string of the molecule is C1=Cc2ccc(-c3ccc(N(c4cccc(-c5cccc6c5c5ccc7ccccc7c5n6-c5ccccc5)c4)c4ccc5c(ccc6ccccc65)c4)cc3)cc2CC1. The van der Waals surface area contributed by atoms with Crippen LogP contribution < -0.4 is 4.90 Å². The first kappa shape index (κ1) is 34.4. The third kappa shape index (κ3) is 5.64. The lowest BCUT2D eigenvalue weighted by atomic mass is 9.93. The van der Waals surface area contributed by atoms with Gasteiger partial charge in [-0.3, -0.25) is 0 Å². The van der Waals surface area contributed by atoms with Crippen LogP contribution in [0.25, 0.3) is 88.1 Å². The van der Waals surface area contributed by atoms with Crippen molar-refractivity contribution < 1.29 is 0 Å². The standard InChI is InChI=1S/C58H40N2/c1-2-17-47(18-3-1)60-56-23-11-22-53(57(56)55-34-30-42-14-7-9-21-54(42)58(55)60)45-16-10-19-49(37-45)59(50-33-35-52-46(38-50)27-25-41-13-6-8-20-51(41)52)48-31-28-40(29-32-48)44-26-24-39-12-4-5-15-43(39)36-44/h1-4,6-14,16-38H,5,15H2. The Balaban J connectivity index is 1.04. The number of allylic oxidation sites excluding steroid dienone is 1. The van der Waals surface area contributed by atoms with Gasteiger partial charge >= 0.3 is 0 Å². The summed E-state index contributed by atoms with van der Waals surface area (Å²) in [6, 6.07) is 76.2. The summed E-state index contributed by atoms with van der Waals surface area (Å²) in [6.07, 6.45) is 6.73. The van der Waals surface area contributed by atoms with Crippen LogP contribution in [0, 0.1) is 0 Å². The van der Waals surface area contributed by atoms with Gasteiger partial charge in [0.05, 0.1) is 11.0 Å². The average molecular weight is 765 g/mol. The molecule has 0 amide bonds. The topological polar surface area (TPSA) is 8.17 Å². The van der Waals surface area contributed by atoms with Crippen molar-refractivity contribution in [2.24, 2.45) is 0 Å². The number of hydrogen-bond acceptors (Lipinski definition) is 1. The first-order chi connectivity index (χ1) is 29.7. The number of nitrogens with zero attached hydrogens (tertiary/aromatic N) is 2. The fourth-order valence-corrected chi connectivity index (χ4v) is 9.73. The van der Waals surface area contributed by atoms with E-state index in [0.29, 0.717) is 0 Å². The minimum atomic E-state index is 1.09. The third-order valence-electron chi connectivity index (χ3n) is 12.6. The van der Waals surface area contributed by atoms with E-state index in [1.165, 1.54) is 87.5 Å². The largest absolute Gasteiger partial charge is 0.310 e. The summed E-state index contributed by atoms with van der Waals surface area (Å²) >= 11 is 0. The van der Waals surface area contributed by atoms with Crippen LogP contribution in [0.2, 0.25) is 0 Å². The molecule has 12 rings (SSSR count). The normalized spacial score (nSPS) is 12.5. The summed E-state index contributed by atoms with van der Waals surface area (Å²) in [4.78, 5) is 2.42. The van der Waals surface area contributed by atoms with E-state index in [1.807, 2.05) is 0 Å². The molecule has 11 aromatic rings. The number of aryl methyl sites for hydroxylation is 1. The van der Waals surface area contributed by atoms with Crippen LogP contribution in [0.15, 0.2) is 212 Å². The number of para-hydroxylation sites is 1. The summed E-state index contributed by atoms with van der Waals surface area (Å²) in [7, 11) is 0. The van der Waals surface area contributed by atoms with Gasteiger partial charge in [0.25, 0.3) is 0 Å². The third-order valence-corrected chi connectivity index (χ3v) is 12.6. The van der Waals surface area contributed by atoms with Crippen LogP contribution in [0.5, 0.6) is 0 Å². The Morgan fingerprint density at radius 2 is 1.10 bits per heavy atom. The zero-order valence-corrected chi connectivity index (χ0v) is 33.1. The minimum absolute atomic E-state index is 1.09. The smallest absolute Gasteiger partial charge is 0.0619 e. The van der Waals surface area contributed by atoms with Crippen molar-refractivity contribution in [3.05, 3.63) is 223 Å². The Labute approximate surface area is 349 Å². The predicted octanol–water partition coefficient (Wildman–Crippen LogP) is 16.0. The van der Waals surface area contributed by atoms with Gasteiger partial charge in [-0.15, -0.1) is 0 Å². The molecule has 282 valence electrons. The second-order valence-electron chi connectivity index (χ2n) is 16.0. The average Bonchev–Trinajstić information content (AvgIpc) is 3.67. The van der Waals surface area contributed by atoms with Crippen LogP contribution in [0.4, 0.5) is 17.1 Å². The molecule has 0 atom stereocenters. The van der Waals surface area contributed by atoms with Gasteiger partial charge in [-0.1, -0.05) is 164 Å². The number of fused-ring (bicyclic) bond motifs is 9. The van der Waals surface area contributed by atoms with Crippen molar-refractivity contribution in [3.63, 3.8) is 0 Å². The minimum Gasteiger partial charge on any atom is -0.310 e. The Hall–Kier alpha value is -7.68. The highest BCUT2D eigenvalue weighted by atomic mass is 15.1. The van der Waals surface area contributed by atoms with E-state index in [0.717, 1.165) is 35.6 Å². The van der Waals surface area contributed by atoms with E-state index in [4.69, 9.17) is 0 Å². The number of rotatable bonds is 6. The molecule has 0 bridgehead atoms. The second-order valence-corrected chi connectivity index (χ2v) is 16.0. The fourth-order valence-electron chi connectivity index (χ4n) is 9.73. The molecule has 0 radical (unpaired) electrons. The molecule has 0 unspecified atom stereocenters. The van der Waals surface area contributed by atoms with E-state index in [9.17, 15) is 0 Å². The van der Waals surface area contributed by atoms with Crippen molar-refractivity contribution in [3.8, 4) is 27.9 Å². The molecule has 0 spiro atoms. The highest BCUT2D eigenvalue weighted by Gasteiger charge is 2.20. The van der Waals surface area contributed by atoms with Gasteiger partial charge in [-0.05, 0) is 128 Å². The zero-order valence-electron chi connectivity index (χ0n) is 33.1. The van der Waals surface area contributed by atoms with Crippen molar-refractivity contribution in [1.82, 2.24) is 4.57 Å². The van der Waals surface area contributed by atoms with E-state index in [-0.39, 0.29) is 0 Å². The van der Waals surface area contributed by atoms with Gasteiger partial charge in [0.2, 0.25) is 0 Å². The Bertz CT molecular complexity index is 3480. The zero-order chi connectivity index (χ0) is 39.6. The molecule has 10 aromatic carbocycles. The van der Waals surface area contributed by atoms with E-state index in [2.05, 4.69) is 228 Å². The van der Waals surface area contributed by atoms with Crippen molar-refractivity contribution >= 4 is 77.3 Å². The molecular weight excluding hydrogens is 725 g/mol. The maximum Gasteiger partial charge on any atom is 0.0619 e. The lowest BCUT2D eigenvalue weighted by Gasteiger charge is -2.27. The van der Waals surface area contributed by atoms with E-state index < -0.39 is 0 Å². The van der Waals surface area contributed by atoms with Gasteiger partial charge in [0, 0.05) is 38.9 Å². The highest BCUT2D eigenvalue weighted by Crippen LogP contribution is 2.44. The summed E-state index contributed by atoms with van der Waals surface area (Å²) in [5, 5.41) is 10.0. The maximum atomic E-state index is 2.45. The van der Waals surface area contributed by atoms with Crippen LogP contribution in [-0.4, -0.2) is 4.57 Å². The van der Waals surface area contributed by atoms with Gasteiger partial charge in [0.1, 0.15) is 0 Å². The van der Waals surface area contributed by atoms with Crippen LogP contribution in [0.3, 0.4) is 0 Å². The molecule has 0 aliphatic heterocycles. The molecule has 0 N–H and O–H groups in total. The second kappa shape index (κ2) is 14.0. The summed E-state index contributed by atoms with van der Waals surface area (Å²) in [5.41, 5.74) is 14.6. The monoisotopic (exact) mass is 764 g/mol. The van der Waals surface area contributed by atoms with Crippen molar-refractivity contribution in [2.45, 2.75) is 12.8 Å². The first-order valence-electron chi connectivity index (χ1n) is 21.0. The van der Waals surface area contributed by atoms with Crippen molar-refractivity contribution in [2.75, 3.05) is 4.90 Å². The predicted molar refractivity (Wildman–Crippen MR) is 256 cm³/mol. The Kier molecular flexibility index (Phi) is 8.02. The summed E-state index contributed by atoms with van der Waals surface area (Å²) < 4.78 is 2.45. The lowest BCUT2D eigenvalue weighted by molar-refractivity contribution is 0.986. The quantitative estimate of drug-likeness (QED) is 0.153. The van der Waals surface area contributed by atoms with Gasteiger partial charge in [-0.2, -0.15) is 0 Å². The molecule has 1 aliphatic rings. The Morgan fingerprint density at radius 1 is 0.417 bits per heavy atom. The molecule has 1 aliphatic carbocycles. The molecule has 0 saturated carbocycles. The van der Waals surface area contributed by atoms with E-state index >= 15 is 0 Å².